The topological polar surface area (TPSA) is 45.8 Å². The maximum Gasteiger partial charge on any atom is 0.264 e. The van der Waals surface area contributed by atoms with E-state index in [2.05, 4.69) is 48.5 Å². The number of nitrogens with zero attached hydrogens (tertiary/aromatic N) is 1. The van der Waals surface area contributed by atoms with Gasteiger partial charge in [0.2, 0.25) is 0 Å². The summed E-state index contributed by atoms with van der Waals surface area (Å²) in [4.78, 5) is 19.5. The Morgan fingerprint density at radius 2 is 2.16 bits per heavy atom. The molecule has 19 heavy (non-hydrogen) atoms. The first-order chi connectivity index (χ1) is 9.06. The van der Waals surface area contributed by atoms with E-state index < -0.39 is 0 Å². The van der Waals surface area contributed by atoms with Crippen LogP contribution < -0.4 is 5.56 Å². The molecule has 0 bridgehead atoms. The molecule has 0 atom stereocenters. The van der Waals surface area contributed by atoms with Crippen molar-refractivity contribution in [3.8, 4) is 11.4 Å². The van der Waals surface area contributed by atoms with Crippen molar-refractivity contribution in [3.63, 3.8) is 0 Å². The summed E-state index contributed by atoms with van der Waals surface area (Å²) >= 11 is 5.58. The average molecular weight is 431 g/mol. The number of benzene rings is 1. The van der Waals surface area contributed by atoms with Crippen LogP contribution in [0.2, 0.25) is 0 Å². The molecule has 2 aromatic rings. The number of hydrogen-bond acceptors (Lipinski definition) is 2. The molecule has 3 nitrogen and oxygen atoms in total. The lowest BCUT2D eigenvalue weighted by atomic mass is 10.1. The molecule has 1 N–H and O–H groups in total. The summed E-state index contributed by atoms with van der Waals surface area (Å²) in [6.07, 6.45) is 2.29. The third-order valence-electron chi connectivity index (χ3n) is 3.28. The van der Waals surface area contributed by atoms with Gasteiger partial charge in [0.15, 0.2) is 0 Å². The first-order valence-corrected chi connectivity index (χ1v) is 7.99. The van der Waals surface area contributed by atoms with Gasteiger partial charge in [-0.25, -0.2) is 4.98 Å². The van der Waals surface area contributed by atoms with E-state index in [4.69, 9.17) is 0 Å². The van der Waals surface area contributed by atoms with Crippen molar-refractivity contribution in [3.05, 3.63) is 47.9 Å². The fourth-order valence-electron chi connectivity index (χ4n) is 2.03. The summed E-state index contributed by atoms with van der Waals surface area (Å²) in [7, 11) is 0. The van der Waals surface area contributed by atoms with Crippen LogP contribution >= 0.6 is 38.5 Å². The van der Waals surface area contributed by atoms with Crippen LogP contribution in [0.25, 0.3) is 11.4 Å². The van der Waals surface area contributed by atoms with Crippen LogP contribution in [0, 0.1) is 10.5 Å². The standard InChI is InChI=1S/C14H12BrIN2O/c1-7-6-9(4-5-10(7)15)13-17-12(8-2-3-8)11(16)14(19)18-13/h4-6,8H,2-3H2,1H3,(H,17,18,19). The van der Waals surface area contributed by atoms with E-state index in [1.807, 2.05) is 25.1 Å². The second kappa shape index (κ2) is 5.01. The Hall–Kier alpha value is -0.690. The lowest BCUT2D eigenvalue weighted by Crippen LogP contribution is -2.16. The predicted molar refractivity (Wildman–Crippen MR) is 87.4 cm³/mol. The van der Waals surface area contributed by atoms with Crippen molar-refractivity contribution in [1.82, 2.24) is 9.97 Å². The van der Waals surface area contributed by atoms with Crippen molar-refractivity contribution >= 4 is 38.5 Å². The van der Waals surface area contributed by atoms with Gasteiger partial charge in [0.1, 0.15) is 5.82 Å². The van der Waals surface area contributed by atoms with Crippen LogP contribution in [-0.4, -0.2) is 9.97 Å². The minimum absolute atomic E-state index is 0.0342. The molecule has 1 aliphatic carbocycles. The summed E-state index contributed by atoms with van der Waals surface area (Å²) in [6.45, 7) is 2.03. The molecule has 0 spiro atoms. The summed E-state index contributed by atoms with van der Waals surface area (Å²) in [5.74, 6) is 1.15. The zero-order chi connectivity index (χ0) is 13.6. The Balaban J connectivity index is 2.14. The molecule has 1 heterocycles. The van der Waals surface area contributed by atoms with Gasteiger partial charge in [0.25, 0.3) is 5.56 Å². The summed E-state index contributed by atoms with van der Waals surface area (Å²) in [6, 6.07) is 5.99. The van der Waals surface area contributed by atoms with Crippen molar-refractivity contribution in [2.75, 3.05) is 0 Å². The lowest BCUT2D eigenvalue weighted by molar-refractivity contribution is 0.958. The van der Waals surface area contributed by atoms with E-state index in [1.165, 1.54) is 0 Å². The number of aromatic nitrogens is 2. The van der Waals surface area contributed by atoms with Crippen molar-refractivity contribution in [2.45, 2.75) is 25.7 Å². The smallest absolute Gasteiger partial charge is 0.264 e. The van der Waals surface area contributed by atoms with Gasteiger partial charge in [-0.05, 0) is 60.1 Å². The third kappa shape index (κ3) is 2.63. The number of aromatic amines is 1. The first kappa shape index (κ1) is 13.3. The Labute approximate surface area is 133 Å². The molecule has 1 saturated carbocycles. The van der Waals surface area contributed by atoms with E-state index in [0.29, 0.717) is 11.7 Å². The first-order valence-electron chi connectivity index (χ1n) is 6.12. The van der Waals surface area contributed by atoms with Crippen LogP contribution in [0.3, 0.4) is 0 Å². The number of nitrogens with one attached hydrogen (secondary N) is 1. The molecular formula is C14H12BrIN2O. The van der Waals surface area contributed by atoms with Gasteiger partial charge in [-0.3, -0.25) is 4.79 Å². The maximum absolute atomic E-state index is 12.0. The monoisotopic (exact) mass is 430 g/mol. The molecule has 1 aliphatic rings. The molecule has 0 amide bonds. The predicted octanol–water partition coefficient (Wildman–Crippen LogP) is 3.99. The largest absolute Gasteiger partial charge is 0.306 e. The van der Waals surface area contributed by atoms with Gasteiger partial charge in [-0.2, -0.15) is 0 Å². The van der Waals surface area contributed by atoms with Crippen LogP contribution in [0.15, 0.2) is 27.5 Å². The van der Waals surface area contributed by atoms with Gasteiger partial charge in [0.05, 0.1) is 9.26 Å². The second-order valence-corrected chi connectivity index (χ2v) is 6.79. The fraction of sp³-hybridized carbons (Fsp3) is 0.286. The highest BCUT2D eigenvalue weighted by molar-refractivity contribution is 14.1. The van der Waals surface area contributed by atoms with Gasteiger partial charge >= 0.3 is 0 Å². The summed E-state index contributed by atoms with van der Waals surface area (Å²) in [5, 5.41) is 0. The number of rotatable bonds is 2. The highest BCUT2D eigenvalue weighted by Gasteiger charge is 2.29. The molecule has 0 saturated heterocycles. The molecule has 1 aromatic carbocycles. The number of hydrogen-bond donors (Lipinski definition) is 1. The van der Waals surface area contributed by atoms with E-state index in [0.717, 1.165) is 37.7 Å². The van der Waals surface area contributed by atoms with Crippen LogP contribution in [-0.2, 0) is 0 Å². The molecule has 0 radical (unpaired) electrons. The van der Waals surface area contributed by atoms with E-state index >= 15 is 0 Å². The molecule has 3 rings (SSSR count). The minimum atomic E-state index is -0.0342. The lowest BCUT2D eigenvalue weighted by Gasteiger charge is -2.07. The van der Waals surface area contributed by atoms with Gasteiger partial charge in [0, 0.05) is 16.0 Å². The molecule has 0 aliphatic heterocycles. The minimum Gasteiger partial charge on any atom is -0.306 e. The second-order valence-electron chi connectivity index (χ2n) is 4.85. The number of H-pyrrole nitrogens is 1. The average Bonchev–Trinajstić information content (AvgIpc) is 3.20. The molecular weight excluding hydrogens is 419 g/mol. The molecule has 0 unspecified atom stereocenters. The Kier molecular flexibility index (Phi) is 3.51. The van der Waals surface area contributed by atoms with Crippen LogP contribution in [0.4, 0.5) is 0 Å². The van der Waals surface area contributed by atoms with Crippen molar-refractivity contribution < 1.29 is 0 Å². The maximum atomic E-state index is 12.0. The Morgan fingerprint density at radius 3 is 2.79 bits per heavy atom. The quantitative estimate of drug-likeness (QED) is 0.732. The van der Waals surface area contributed by atoms with Crippen LogP contribution in [0.5, 0.6) is 0 Å². The van der Waals surface area contributed by atoms with Gasteiger partial charge < -0.3 is 4.98 Å². The summed E-state index contributed by atoms with van der Waals surface area (Å²) in [5.41, 5.74) is 3.01. The van der Waals surface area contributed by atoms with E-state index in [9.17, 15) is 4.79 Å². The Bertz CT molecular complexity index is 707. The third-order valence-corrected chi connectivity index (χ3v) is 5.22. The number of halogens is 2. The van der Waals surface area contributed by atoms with Crippen molar-refractivity contribution in [2.24, 2.45) is 0 Å². The highest BCUT2D eigenvalue weighted by Crippen LogP contribution is 2.40. The van der Waals surface area contributed by atoms with Crippen molar-refractivity contribution in [1.29, 1.82) is 0 Å². The molecule has 98 valence electrons. The molecule has 5 heteroatoms. The fourth-order valence-corrected chi connectivity index (χ4v) is 2.97. The zero-order valence-corrected chi connectivity index (χ0v) is 14.1. The zero-order valence-electron chi connectivity index (χ0n) is 10.3. The van der Waals surface area contributed by atoms with Crippen LogP contribution in [0.1, 0.15) is 30.0 Å². The summed E-state index contributed by atoms with van der Waals surface area (Å²) < 4.78 is 1.80. The molecule has 1 aromatic heterocycles. The van der Waals surface area contributed by atoms with Gasteiger partial charge in [-0.15, -0.1) is 0 Å². The van der Waals surface area contributed by atoms with E-state index in [-0.39, 0.29) is 5.56 Å². The number of aryl methyl sites for hydroxylation is 1. The van der Waals surface area contributed by atoms with E-state index in [1.54, 1.807) is 0 Å². The normalized spacial score (nSPS) is 14.7. The molecule has 1 fully saturated rings. The Morgan fingerprint density at radius 1 is 1.42 bits per heavy atom. The highest BCUT2D eigenvalue weighted by atomic mass is 127. The van der Waals surface area contributed by atoms with Gasteiger partial charge in [-0.1, -0.05) is 22.0 Å². The SMILES string of the molecule is Cc1cc(-c2nc(C3CC3)c(I)c(=O)[nH]2)ccc1Br.